The molecule has 0 aliphatic carbocycles. The van der Waals surface area contributed by atoms with Crippen molar-refractivity contribution in [3.8, 4) is 0 Å². The van der Waals surface area contributed by atoms with Crippen molar-refractivity contribution >= 4 is 34.3 Å². The third-order valence-electron chi connectivity index (χ3n) is 2.82. The van der Waals surface area contributed by atoms with E-state index in [-0.39, 0.29) is 0 Å². The Kier molecular flexibility index (Phi) is 3.83. The maximum Gasteiger partial charge on any atom is 0.416 e. The molecule has 0 spiro atoms. The van der Waals surface area contributed by atoms with E-state index < -0.39 is 11.7 Å². The van der Waals surface area contributed by atoms with Gasteiger partial charge >= 0.3 is 6.18 Å². The maximum absolute atomic E-state index is 12.7. The second kappa shape index (κ2) is 5.65. The van der Waals surface area contributed by atoms with Gasteiger partial charge in [0.25, 0.3) is 0 Å². The van der Waals surface area contributed by atoms with Crippen molar-refractivity contribution < 1.29 is 18.4 Å². The molecule has 0 saturated carbocycles. The van der Waals surface area contributed by atoms with Crippen LogP contribution >= 0.6 is 23.1 Å². The van der Waals surface area contributed by atoms with Gasteiger partial charge in [-0.25, -0.2) is 4.98 Å². The van der Waals surface area contributed by atoms with Crippen LogP contribution in [0.2, 0.25) is 0 Å². The zero-order valence-electron chi connectivity index (χ0n) is 10.8. The van der Waals surface area contributed by atoms with Crippen LogP contribution < -0.4 is 0 Å². The fourth-order valence-electron chi connectivity index (χ4n) is 1.88. The highest BCUT2D eigenvalue weighted by atomic mass is 32.2. The Labute approximate surface area is 130 Å². The molecule has 22 heavy (non-hydrogen) atoms. The SMILES string of the molecule is O/N=C\c1c(Sc2cccc(C(F)(F)F)c2)nc2sccn12. The number of imidazole rings is 1. The zero-order valence-corrected chi connectivity index (χ0v) is 12.4. The first-order chi connectivity index (χ1) is 10.5. The minimum absolute atomic E-state index is 0.410. The van der Waals surface area contributed by atoms with Gasteiger partial charge in [-0.05, 0) is 18.2 Å². The van der Waals surface area contributed by atoms with Gasteiger partial charge in [-0.1, -0.05) is 23.0 Å². The molecule has 1 aromatic carbocycles. The van der Waals surface area contributed by atoms with E-state index in [1.165, 1.54) is 23.6 Å². The van der Waals surface area contributed by atoms with Crippen molar-refractivity contribution in [1.82, 2.24) is 9.38 Å². The quantitative estimate of drug-likeness (QED) is 0.436. The van der Waals surface area contributed by atoms with Gasteiger partial charge in [0.1, 0.15) is 10.7 Å². The number of nitrogens with zero attached hydrogens (tertiary/aromatic N) is 3. The van der Waals surface area contributed by atoms with Crippen molar-refractivity contribution in [2.75, 3.05) is 0 Å². The summed E-state index contributed by atoms with van der Waals surface area (Å²) in [5.74, 6) is 0. The topological polar surface area (TPSA) is 49.9 Å². The average Bonchev–Trinajstić information content (AvgIpc) is 3.02. The minimum atomic E-state index is -4.39. The van der Waals surface area contributed by atoms with Crippen LogP contribution in [0.3, 0.4) is 0 Å². The highest BCUT2D eigenvalue weighted by molar-refractivity contribution is 7.99. The van der Waals surface area contributed by atoms with E-state index in [9.17, 15) is 13.2 Å². The lowest BCUT2D eigenvalue weighted by Crippen LogP contribution is -2.04. The van der Waals surface area contributed by atoms with Crippen LogP contribution in [0.5, 0.6) is 0 Å². The van der Waals surface area contributed by atoms with Gasteiger partial charge in [0.05, 0.1) is 11.8 Å². The zero-order chi connectivity index (χ0) is 15.7. The predicted molar refractivity (Wildman–Crippen MR) is 78.0 cm³/mol. The lowest BCUT2D eigenvalue weighted by molar-refractivity contribution is -0.137. The number of oxime groups is 1. The van der Waals surface area contributed by atoms with Crippen molar-refractivity contribution in [3.05, 3.63) is 47.1 Å². The van der Waals surface area contributed by atoms with Crippen LogP contribution in [0.25, 0.3) is 4.96 Å². The number of benzene rings is 1. The molecule has 0 bridgehead atoms. The lowest BCUT2D eigenvalue weighted by Gasteiger charge is -2.07. The van der Waals surface area contributed by atoms with Gasteiger partial charge < -0.3 is 5.21 Å². The van der Waals surface area contributed by atoms with Gasteiger partial charge in [-0.15, -0.1) is 11.3 Å². The molecule has 3 rings (SSSR count). The van der Waals surface area contributed by atoms with E-state index in [0.29, 0.717) is 20.6 Å². The Bertz CT molecular complexity index is 839. The van der Waals surface area contributed by atoms with Crippen molar-refractivity contribution in [2.24, 2.45) is 5.16 Å². The molecule has 0 atom stereocenters. The largest absolute Gasteiger partial charge is 0.416 e. The summed E-state index contributed by atoms with van der Waals surface area (Å²) in [6.07, 6.45) is -1.43. The molecule has 0 amide bonds. The second-order valence-corrected chi connectivity index (χ2v) is 6.17. The highest BCUT2D eigenvalue weighted by Crippen LogP contribution is 2.35. The number of alkyl halides is 3. The minimum Gasteiger partial charge on any atom is -0.411 e. The molecule has 0 aliphatic heterocycles. The van der Waals surface area contributed by atoms with E-state index in [1.807, 2.05) is 5.38 Å². The van der Waals surface area contributed by atoms with Crippen LogP contribution in [0.4, 0.5) is 13.2 Å². The summed E-state index contributed by atoms with van der Waals surface area (Å²) >= 11 is 2.47. The normalized spacial score (nSPS) is 12.5. The molecule has 9 heteroatoms. The summed E-state index contributed by atoms with van der Waals surface area (Å²) < 4.78 is 39.9. The fourth-order valence-corrected chi connectivity index (χ4v) is 3.60. The van der Waals surface area contributed by atoms with Crippen molar-refractivity contribution in [3.63, 3.8) is 0 Å². The average molecular weight is 343 g/mol. The van der Waals surface area contributed by atoms with Crippen LogP contribution in [0.1, 0.15) is 11.3 Å². The summed E-state index contributed by atoms with van der Waals surface area (Å²) in [4.78, 5) is 5.42. The van der Waals surface area contributed by atoms with Gasteiger partial charge in [0.15, 0.2) is 4.96 Å². The summed E-state index contributed by atoms with van der Waals surface area (Å²) in [6.45, 7) is 0. The predicted octanol–water partition coefficient (Wildman–Crippen LogP) is 4.37. The maximum atomic E-state index is 12.7. The number of hydrogen-bond donors (Lipinski definition) is 1. The van der Waals surface area contributed by atoms with E-state index in [4.69, 9.17) is 5.21 Å². The second-order valence-electron chi connectivity index (χ2n) is 4.23. The Balaban J connectivity index is 2.00. The van der Waals surface area contributed by atoms with E-state index in [1.54, 1.807) is 16.7 Å². The molecule has 1 N–H and O–H groups in total. The molecule has 2 aromatic heterocycles. The molecule has 114 valence electrons. The van der Waals surface area contributed by atoms with Gasteiger partial charge in [0.2, 0.25) is 0 Å². The molecule has 0 unspecified atom stereocenters. The van der Waals surface area contributed by atoms with Crippen LogP contribution in [0.15, 0.2) is 50.9 Å². The summed E-state index contributed by atoms with van der Waals surface area (Å²) in [7, 11) is 0. The molecule has 2 heterocycles. The first kappa shape index (κ1) is 14.9. The number of rotatable bonds is 3. The Morgan fingerprint density at radius 1 is 1.36 bits per heavy atom. The van der Waals surface area contributed by atoms with Crippen LogP contribution in [-0.2, 0) is 6.18 Å². The molecule has 4 nitrogen and oxygen atoms in total. The van der Waals surface area contributed by atoms with Crippen molar-refractivity contribution in [2.45, 2.75) is 16.1 Å². The summed E-state index contributed by atoms with van der Waals surface area (Å²) in [5, 5.41) is 14.0. The molecule has 0 aliphatic rings. The number of aromatic nitrogens is 2. The molecule has 0 fully saturated rings. The first-order valence-electron chi connectivity index (χ1n) is 5.97. The van der Waals surface area contributed by atoms with Gasteiger partial charge in [0, 0.05) is 16.5 Å². The smallest absolute Gasteiger partial charge is 0.411 e. The van der Waals surface area contributed by atoms with Gasteiger partial charge in [-0.3, -0.25) is 4.40 Å². The van der Waals surface area contributed by atoms with E-state index >= 15 is 0 Å². The third kappa shape index (κ3) is 2.81. The molecule has 0 saturated heterocycles. The molecule has 0 radical (unpaired) electrons. The number of halogens is 3. The van der Waals surface area contributed by atoms with Crippen LogP contribution in [0, 0.1) is 0 Å². The summed E-state index contributed by atoms with van der Waals surface area (Å²) in [5.41, 5.74) is -0.197. The highest BCUT2D eigenvalue weighted by Gasteiger charge is 2.30. The monoisotopic (exact) mass is 343 g/mol. The third-order valence-corrected chi connectivity index (χ3v) is 4.56. The molecular formula is C13H8F3N3OS2. The number of fused-ring (bicyclic) bond motifs is 1. The van der Waals surface area contributed by atoms with Gasteiger partial charge in [-0.2, -0.15) is 13.2 Å². The number of hydrogen-bond acceptors (Lipinski definition) is 5. The Morgan fingerprint density at radius 2 is 2.18 bits per heavy atom. The Morgan fingerprint density at radius 3 is 2.91 bits per heavy atom. The van der Waals surface area contributed by atoms with E-state index in [2.05, 4.69) is 10.1 Å². The standard InChI is InChI=1S/C13H8F3N3OS2/c14-13(15,16)8-2-1-3-9(6-8)22-11-10(7-17-20)19-4-5-21-12(19)18-11/h1-7,20H/b17-7-. The lowest BCUT2D eigenvalue weighted by atomic mass is 10.2. The van der Waals surface area contributed by atoms with Crippen molar-refractivity contribution in [1.29, 1.82) is 0 Å². The summed E-state index contributed by atoms with van der Waals surface area (Å²) in [6, 6.07) is 5.01. The fraction of sp³-hybridized carbons (Fsp3) is 0.0769. The molecular weight excluding hydrogens is 335 g/mol. The number of thiazole rings is 1. The first-order valence-corrected chi connectivity index (χ1v) is 7.67. The van der Waals surface area contributed by atoms with E-state index in [0.717, 1.165) is 23.9 Å². The van der Waals surface area contributed by atoms with Crippen LogP contribution in [-0.4, -0.2) is 20.8 Å². The Hall–Kier alpha value is -2.00. The molecule has 3 aromatic rings.